The Labute approximate surface area is 112 Å². The summed E-state index contributed by atoms with van der Waals surface area (Å²) in [6, 6.07) is 0. The largest absolute Gasteiger partial charge is 3.00 e. The molecule has 0 aromatic carbocycles. The van der Waals surface area contributed by atoms with E-state index < -0.39 is 0 Å². The van der Waals surface area contributed by atoms with Gasteiger partial charge in [-0.3, -0.25) is 0 Å². The number of hydrogen-bond donors (Lipinski definition) is 0. The molecule has 0 heterocycles. The van der Waals surface area contributed by atoms with E-state index in [1.54, 1.807) is 0 Å². The third kappa shape index (κ3) is 22.6. The van der Waals surface area contributed by atoms with Gasteiger partial charge in [-0.05, 0) is 19.6 Å². The fraction of sp³-hybridized carbons (Fsp3) is 1.00. The van der Waals surface area contributed by atoms with Crippen molar-refractivity contribution in [3.8, 4) is 0 Å². The summed E-state index contributed by atoms with van der Waals surface area (Å²) in [6.45, 7) is 10.1. The molecule has 0 aliphatic rings. The fourth-order valence-corrected chi connectivity index (χ4v) is 0.671. The zero-order valence-electron chi connectivity index (χ0n) is 7.46. The SMILES string of the molecule is CCN(CC)CC.Cl.[Cl-].[Cl-].[Cl-].[Fe+3]. The Balaban J connectivity index is -0.0000000180. The van der Waals surface area contributed by atoms with Gasteiger partial charge in [0.2, 0.25) is 0 Å². The molecule has 0 unspecified atom stereocenters. The zero-order valence-corrected chi connectivity index (χ0v) is 11.7. The summed E-state index contributed by atoms with van der Waals surface area (Å²) in [7, 11) is 0. The quantitative estimate of drug-likeness (QED) is 0.468. The van der Waals surface area contributed by atoms with Crippen LogP contribution in [-0.2, 0) is 17.1 Å². The Bertz CT molecular complexity index is 41.0. The van der Waals surface area contributed by atoms with Crippen LogP contribution >= 0.6 is 12.4 Å². The summed E-state index contributed by atoms with van der Waals surface area (Å²) in [4.78, 5) is 2.38. The Morgan fingerprint density at radius 3 is 0.917 bits per heavy atom. The van der Waals surface area contributed by atoms with Crippen molar-refractivity contribution in [1.82, 2.24) is 4.90 Å². The van der Waals surface area contributed by atoms with Crippen molar-refractivity contribution in [3.05, 3.63) is 0 Å². The minimum atomic E-state index is 0. The predicted octanol–water partition coefficient (Wildman–Crippen LogP) is -7.22. The number of rotatable bonds is 3. The van der Waals surface area contributed by atoms with E-state index in [1.807, 2.05) is 0 Å². The van der Waals surface area contributed by atoms with Crippen LogP contribution in [0.1, 0.15) is 20.8 Å². The van der Waals surface area contributed by atoms with E-state index in [4.69, 9.17) is 0 Å². The third-order valence-electron chi connectivity index (χ3n) is 1.34. The van der Waals surface area contributed by atoms with Gasteiger partial charge < -0.3 is 42.1 Å². The molecule has 0 N–H and O–H groups in total. The summed E-state index contributed by atoms with van der Waals surface area (Å²) in [5.41, 5.74) is 0. The van der Waals surface area contributed by atoms with Gasteiger partial charge in [0.1, 0.15) is 0 Å². The Morgan fingerprint density at radius 1 is 0.750 bits per heavy atom. The molecule has 1 radical (unpaired) electrons. The summed E-state index contributed by atoms with van der Waals surface area (Å²) >= 11 is 0. The summed E-state index contributed by atoms with van der Waals surface area (Å²) in [5.74, 6) is 0. The van der Waals surface area contributed by atoms with Crippen molar-refractivity contribution in [2.45, 2.75) is 20.8 Å². The van der Waals surface area contributed by atoms with Gasteiger partial charge >= 0.3 is 17.1 Å². The Morgan fingerprint density at radius 2 is 0.917 bits per heavy atom. The summed E-state index contributed by atoms with van der Waals surface area (Å²) in [5, 5.41) is 0. The second-order valence-corrected chi connectivity index (χ2v) is 1.62. The smallest absolute Gasteiger partial charge is 1.00 e. The molecule has 0 atom stereocenters. The molecule has 0 saturated carbocycles. The molecule has 0 fully saturated rings. The molecule has 0 aromatic rings. The molecule has 0 aliphatic heterocycles. The van der Waals surface area contributed by atoms with Crippen molar-refractivity contribution < 1.29 is 54.3 Å². The standard InChI is InChI=1S/C6H15N.4ClH.Fe/c1-4-7(5-2)6-3;;;;;/h4-6H2,1-3H3;4*1H;/q;;;;;+3/p-3. The average molecular weight is 300 g/mol. The van der Waals surface area contributed by atoms with Gasteiger partial charge in [0.05, 0.1) is 0 Å². The van der Waals surface area contributed by atoms with Crippen molar-refractivity contribution in [3.63, 3.8) is 0 Å². The summed E-state index contributed by atoms with van der Waals surface area (Å²) in [6.07, 6.45) is 0. The van der Waals surface area contributed by atoms with E-state index in [2.05, 4.69) is 25.7 Å². The first-order chi connectivity index (χ1) is 3.35. The maximum atomic E-state index is 2.38. The zero-order chi connectivity index (χ0) is 5.70. The Kier molecular flexibility index (Phi) is 91.3. The molecule has 12 heavy (non-hydrogen) atoms. The monoisotopic (exact) mass is 298 g/mol. The van der Waals surface area contributed by atoms with Gasteiger partial charge in [0.15, 0.2) is 0 Å². The molecule has 0 rings (SSSR count). The number of nitrogens with zero attached hydrogens (tertiary/aromatic N) is 1. The van der Waals surface area contributed by atoms with Crippen LogP contribution in [0.2, 0.25) is 0 Å². The maximum Gasteiger partial charge on any atom is 3.00 e. The van der Waals surface area contributed by atoms with Gasteiger partial charge in [-0.15, -0.1) is 12.4 Å². The van der Waals surface area contributed by atoms with Crippen molar-refractivity contribution in [2.75, 3.05) is 19.6 Å². The van der Waals surface area contributed by atoms with Crippen molar-refractivity contribution >= 4 is 12.4 Å². The van der Waals surface area contributed by atoms with E-state index in [9.17, 15) is 0 Å². The molecule has 1 nitrogen and oxygen atoms in total. The van der Waals surface area contributed by atoms with Crippen molar-refractivity contribution in [1.29, 1.82) is 0 Å². The van der Waals surface area contributed by atoms with E-state index in [1.165, 1.54) is 19.6 Å². The van der Waals surface area contributed by atoms with Crippen LogP contribution in [0.25, 0.3) is 0 Å². The Hall–Kier alpha value is 1.64. The van der Waals surface area contributed by atoms with E-state index in [-0.39, 0.29) is 66.7 Å². The van der Waals surface area contributed by atoms with Crippen LogP contribution in [0.4, 0.5) is 0 Å². The third-order valence-corrected chi connectivity index (χ3v) is 1.34. The van der Waals surface area contributed by atoms with E-state index in [0.29, 0.717) is 0 Å². The molecule has 6 heteroatoms. The minimum Gasteiger partial charge on any atom is -1.00 e. The minimum absolute atomic E-state index is 0. The average Bonchev–Trinajstić information content (AvgIpc) is 1.72. The molecule has 81 valence electrons. The molecule has 0 saturated heterocycles. The summed E-state index contributed by atoms with van der Waals surface area (Å²) < 4.78 is 0. The predicted molar refractivity (Wildman–Crippen MR) is 40.7 cm³/mol. The maximum absolute atomic E-state index is 2.38. The van der Waals surface area contributed by atoms with E-state index >= 15 is 0 Å². The molecule has 0 spiro atoms. The van der Waals surface area contributed by atoms with Gasteiger partial charge in [-0.25, -0.2) is 0 Å². The first-order valence-corrected chi connectivity index (χ1v) is 3.07. The van der Waals surface area contributed by atoms with Gasteiger partial charge in [-0.2, -0.15) is 0 Å². The van der Waals surface area contributed by atoms with Crippen LogP contribution in [-0.4, -0.2) is 24.5 Å². The van der Waals surface area contributed by atoms with Crippen LogP contribution in [0, 0.1) is 0 Å². The topological polar surface area (TPSA) is 3.24 Å². The fourth-order valence-electron chi connectivity index (χ4n) is 0.671. The molecule has 0 aromatic heterocycles. The number of halogens is 4. The molecule has 0 bridgehead atoms. The molecular formula is C6H16Cl4FeN. The van der Waals surface area contributed by atoms with Gasteiger partial charge in [-0.1, -0.05) is 20.8 Å². The van der Waals surface area contributed by atoms with Crippen molar-refractivity contribution in [2.24, 2.45) is 0 Å². The van der Waals surface area contributed by atoms with Gasteiger partial charge in [0.25, 0.3) is 0 Å². The van der Waals surface area contributed by atoms with Crippen LogP contribution in [0.5, 0.6) is 0 Å². The first-order valence-electron chi connectivity index (χ1n) is 3.07. The van der Waals surface area contributed by atoms with Crippen LogP contribution in [0.3, 0.4) is 0 Å². The number of hydrogen-bond acceptors (Lipinski definition) is 1. The van der Waals surface area contributed by atoms with Crippen LogP contribution in [0.15, 0.2) is 0 Å². The molecule has 0 amide bonds. The second-order valence-electron chi connectivity index (χ2n) is 1.62. The molecule has 0 aliphatic carbocycles. The first kappa shape index (κ1) is 37.3. The van der Waals surface area contributed by atoms with Crippen LogP contribution < -0.4 is 37.2 Å². The second kappa shape index (κ2) is 29.3. The van der Waals surface area contributed by atoms with Gasteiger partial charge in [0, 0.05) is 0 Å². The van der Waals surface area contributed by atoms with E-state index in [0.717, 1.165) is 0 Å². The molecular weight excluding hydrogens is 284 g/mol. The normalized spacial score (nSPS) is 6.00.